The van der Waals surface area contributed by atoms with Gasteiger partial charge in [-0.2, -0.15) is 0 Å². The van der Waals surface area contributed by atoms with Crippen LogP contribution in [-0.4, -0.2) is 28.7 Å². The molecule has 0 bridgehead atoms. The standard InChI is InChI=1S/C23H28N6O2/c1-14-12-19-21(15(2)20(14)24)28(4)23(27(19)3)26-25-17-7-9-18(10-8-17)29-11-5-6-16(13-29)22(30)31/h7-10,12,16H,5-6,11,13H2,1-4H3,(H2-,24,25,30,31)/p+1. The molecule has 2 heterocycles. The van der Waals surface area contributed by atoms with Crippen LogP contribution < -0.4 is 15.2 Å². The minimum atomic E-state index is -0.717. The number of benzene rings is 2. The molecule has 4 rings (SSSR count). The highest BCUT2D eigenvalue weighted by atomic mass is 16.4. The molecule has 0 spiro atoms. The van der Waals surface area contributed by atoms with E-state index in [1.165, 1.54) is 0 Å². The minimum Gasteiger partial charge on any atom is -0.481 e. The lowest BCUT2D eigenvalue weighted by atomic mass is 9.98. The summed E-state index contributed by atoms with van der Waals surface area (Å²) < 4.78 is 4.03. The summed E-state index contributed by atoms with van der Waals surface area (Å²) in [7, 11) is 3.95. The number of azo groups is 1. The van der Waals surface area contributed by atoms with Gasteiger partial charge in [-0.1, -0.05) is 5.11 Å². The first-order valence-electron chi connectivity index (χ1n) is 10.5. The molecule has 3 N–H and O–H groups in total. The summed E-state index contributed by atoms with van der Waals surface area (Å²) in [6.45, 7) is 5.46. The van der Waals surface area contributed by atoms with E-state index in [2.05, 4.69) is 21.2 Å². The Labute approximate surface area is 181 Å². The van der Waals surface area contributed by atoms with E-state index in [9.17, 15) is 9.90 Å². The van der Waals surface area contributed by atoms with Gasteiger partial charge in [-0.15, -0.1) is 0 Å². The van der Waals surface area contributed by atoms with Gasteiger partial charge in [-0.05, 0) is 62.6 Å². The number of imidazole rings is 1. The Kier molecular flexibility index (Phi) is 5.39. The van der Waals surface area contributed by atoms with Gasteiger partial charge in [0.2, 0.25) is 0 Å². The Balaban J connectivity index is 1.59. The molecule has 1 fully saturated rings. The third kappa shape index (κ3) is 3.73. The number of carbonyl (C=O) groups is 1. The number of hydrogen-bond acceptors (Lipinski definition) is 5. The lowest BCUT2D eigenvalue weighted by Crippen LogP contribution is -2.38. The van der Waals surface area contributed by atoms with E-state index in [1.807, 2.05) is 61.3 Å². The Bertz CT molecular complexity index is 1180. The van der Waals surface area contributed by atoms with Crippen LogP contribution in [0.2, 0.25) is 0 Å². The van der Waals surface area contributed by atoms with Gasteiger partial charge < -0.3 is 15.7 Å². The second kappa shape index (κ2) is 8.02. The van der Waals surface area contributed by atoms with Crippen LogP contribution in [0.25, 0.3) is 11.0 Å². The minimum absolute atomic E-state index is 0.305. The fourth-order valence-corrected chi connectivity index (χ4v) is 4.46. The average molecular weight is 422 g/mol. The number of rotatable bonds is 4. The number of aryl methyl sites for hydroxylation is 4. The van der Waals surface area contributed by atoms with Crippen LogP contribution >= 0.6 is 0 Å². The number of carboxylic acid groups (broad SMARTS) is 1. The molecule has 162 valence electrons. The van der Waals surface area contributed by atoms with Crippen LogP contribution in [0.1, 0.15) is 24.0 Å². The van der Waals surface area contributed by atoms with Gasteiger partial charge >= 0.3 is 11.9 Å². The lowest BCUT2D eigenvalue weighted by Gasteiger charge is -2.32. The maximum atomic E-state index is 11.3. The van der Waals surface area contributed by atoms with Crippen molar-refractivity contribution in [2.24, 2.45) is 30.2 Å². The van der Waals surface area contributed by atoms with Crippen LogP contribution in [0.3, 0.4) is 0 Å². The fourth-order valence-electron chi connectivity index (χ4n) is 4.46. The number of nitrogens with two attached hydrogens (primary N) is 1. The first-order chi connectivity index (χ1) is 14.8. The van der Waals surface area contributed by atoms with Crippen molar-refractivity contribution in [1.29, 1.82) is 0 Å². The summed E-state index contributed by atoms with van der Waals surface area (Å²) in [6.07, 6.45) is 1.63. The van der Waals surface area contributed by atoms with Gasteiger partial charge in [-0.25, -0.2) is 9.13 Å². The molecule has 0 saturated carbocycles. The van der Waals surface area contributed by atoms with Crippen LogP contribution in [0.4, 0.5) is 23.0 Å². The number of aromatic nitrogens is 2. The van der Waals surface area contributed by atoms with E-state index in [0.717, 1.165) is 64.6 Å². The van der Waals surface area contributed by atoms with E-state index in [1.54, 1.807) is 0 Å². The number of aliphatic carboxylic acids is 1. The molecule has 1 aliphatic rings. The SMILES string of the molecule is Cc1cc2c(c(C)c1N)n(C)c(N=Nc1ccc(N3CCCC(C(=O)O)C3)cc1)[n+]2C. The predicted octanol–water partition coefficient (Wildman–Crippen LogP) is 3.92. The molecule has 1 unspecified atom stereocenters. The number of piperidine rings is 1. The van der Waals surface area contributed by atoms with E-state index >= 15 is 0 Å². The van der Waals surface area contributed by atoms with E-state index in [4.69, 9.17) is 5.73 Å². The first kappa shape index (κ1) is 20.8. The normalized spacial score (nSPS) is 17.0. The third-order valence-corrected chi connectivity index (χ3v) is 6.32. The molecular weight excluding hydrogens is 392 g/mol. The molecule has 0 radical (unpaired) electrons. The largest absolute Gasteiger partial charge is 0.481 e. The van der Waals surface area contributed by atoms with Crippen molar-refractivity contribution in [3.8, 4) is 0 Å². The summed E-state index contributed by atoms with van der Waals surface area (Å²) in [5.74, 6) is -0.293. The van der Waals surface area contributed by atoms with Gasteiger partial charge in [0.25, 0.3) is 0 Å². The van der Waals surface area contributed by atoms with Gasteiger partial charge in [-0.3, -0.25) is 4.79 Å². The molecular formula is C23H29N6O2+. The Morgan fingerprint density at radius 3 is 2.61 bits per heavy atom. The number of nitrogens with zero attached hydrogens (tertiary/aromatic N) is 5. The zero-order valence-corrected chi connectivity index (χ0v) is 18.5. The summed E-state index contributed by atoms with van der Waals surface area (Å²) in [6, 6.07) is 9.87. The Morgan fingerprint density at radius 2 is 1.94 bits per heavy atom. The van der Waals surface area contributed by atoms with Gasteiger partial charge in [0.05, 0.1) is 20.0 Å². The molecule has 0 amide bonds. The molecule has 1 atom stereocenters. The van der Waals surface area contributed by atoms with Crippen molar-refractivity contribution in [1.82, 2.24) is 4.57 Å². The lowest BCUT2D eigenvalue weighted by molar-refractivity contribution is -0.632. The van der Waals surface area contributed by atoms with E-state index in [0.29, 0.717) is 6.54 Å². The molecule has 1 saturated heterocycles. The van der Waals surface area contributed by atoms with Gasteiger partial charge in [0, 0.05) is 35.1 Å². The van der Waals surface area contributed by atoms with Gasteiger partial charge in [0.15, 0.2) is 0 Å². The van der Waals surface area contributed by atoms with Crippen molar-refractivity contribution in [2.75, 3.05) is 23.7 Å². The molecule has 8 heteroatoms. The van der Waals surface area contributed by atoms with Crippen molar-refractivity contribution in [3.05, 3.63) is 41.5 Å². The fraction of sp³-hybridized carbons (Fsp3) is 0.391. The summed E-state index contributed by atoms with van der Waals surface area (Å²) in [4.78, 5) is 13.4. The first-order valence-corrected chi connectivity index (χ1v) is 10.5. The molecule has 1 aliphatic heterocycles. The summed E-state index contributed by atoms with van der Waals surface area (Å²) >= 11 is 0. The Hall–Kier alpha value is -3.42. The number of hydrogen-bond donors (Lipinski definition) is 2. The smallest absolute Gasteiger partial charge is 0.422 e. The zero-order chi connectivity index (χ0) is 22.3. The molecule has 3 aromatic rings. The van der Waals surface area contributed by atoms with Crippen molar-refractivity contribution in [3.63, 3.8) is 0 Å². The second-order valence-corrected chi connectivity index (χ2v) is 8.36. The maximum absolute atomic E-state index is 11.3. The monoisotopic (exact) mass is 421 g/mol. The quantitative estimate of drug-likeness (QED) is 0.379. The second-order valence-electron chi connectivity index (χ2n) is 8.36. The molecule has 1 aromatic heterocycles. The number of anilines is 2. The maximum Gasteiger partial charge on any atom is 0.422 e. The number of fused-ring (bicyclic) bond motifs is 1. The van der Waals surface area contributed by atoms with Crippen LogP contribution in [0.5, 0.6) is 0 Å². The highest BCUT2D eigenvalue weighted by Crippen LogP contribution is 2.30. The number of carboxylic acids is 1. The predicted molar refractivity (Wildman–Crippen MR) is 121 cm³/mol. The zero-order valence-electron chi connectivity index (χ0n) is 18.5. The average Bonchev–Trinajstić information content (AvgIpc) is 3.00. The van der Waals surface area contributed by atoms with Crippen molar-refractivity contribution >= 4 is 40.0 Å². The molecule has 8 nitrogen and oxygen atoms in total. The van der Waals surface area contributed by atoms with Crippen molar-refractivity contribution in [2.45, 2.75) is 26.7 Å². The van der Waals surface area contributed by atoms with Crippen LogP contribution in [0, 0.1) is 19.8 Å². The van der Waals surface area contributed by atoms with Crippen molar-refractivity contribution < 1.29 is 14.5 Å². The Morgan fingerprint density at radius 1 is 1.23 bits per heavy atom. The van der Waals surface area contributed by atoms with Crippen LogP contribution in [-0.2, 0) is 18.9 Å². The molecule has 2 aromatic carbocycles. The topological polar surface area (TPSA) is 100 Å². The van der Waals surface area contributed by atoms with E-state index in [-0.39, 0.29) is 5.92 Å². The van der Waals surface area contributed by atoms with E-state index < -0.39 is 5.97 Å². The highest BCUT2D eigenvalue weighted by molar-refractivity contribution is 5.84. The third-order valence-electron chi connectivity index (χ3n) is 6.32. The number of nitrogen functional groups attached to an aromatic ring is 1. The molecule has 0 aliphatic carbocycles. The van der Waals surface area contributed by atoms with Gasteiger partial charge in [0.1, 0.15) is 16.7 Å². The van der Waals surface area contributed by atoms with Crippen LogP contribution in [0.15, 0.2) is 40.6 Å². The summed E-state index contributed by atoms with van der Waals surface area (Å²) in [5.41, 5.74) is 13.0. The summed E-state index contributed by atoms with van der Waals surface area (Å²) in [5, 5.41) is 18.3. The highest BCUT2D eigenvalue weighted by Gasteiger charge is 2.26. The molecule has 31 heavy (non-hydrogen) atoms.